The Morgan fingerprint density at radius 2 is 2.19 bits per heavy atom. The number of rotatable bonds is 4. The maximum Gasteiger partial charge on any atom is 0.00928 e. The molecule has 2 unspecified atom stereocenters. The van der Waals surface area contributed by atoms with Crippen molar-refractivity contribution in [1.29, 1.82) is 0 Å². The molecule has 0 radical (unpaired) electrons. The van der Waals surface area contributed by atoms with Gasteiger partial charge in [-0.1, -0.05) is 19.8 Å². The maximum absolute atomic E-state index is 3.74. The van der Waals surface area contributed by atoms with Gasteiger partial charge in [-0.3, -0.25) is 0 Å². The Morgan fingerprint density at radius 3 is 2.88 bits per heavy atom. The molecule has 0 aliphatic heterocycles. The predicted molar refractivity (Wildman–Crippen MR) is 72.2 cm³/mol. The van der Waals surface area contributed by atoms with Crippen LogP contribution in [-0.4, -0.2) is 12.6 Å². The quantitative estimate of drug-likeness (QED) is 0.840. The standard InChI is InChI=1S/C14H23NS/c1-11-5-3-4-6-13(11)15-9-7-14-12(2)8-10-16-14/h8,10-11,13,15H,3-7,9H2,1-2H3. The molecular formula is C14H23NS. The zero-order chi connectivity index (χ0) is 11.4. The fraction of sp³-hybridized carbons (Fsp3) is 0.714. The van der Waals surface area contributed by atoms with E-state index in [4.69, 9.17) is 0 Å². The van der Waals surface area contributed by atoms with Crippen molar-refractivity contribution < 1.29 is 0 Å². The van der Waals surface area contributed by atoms with Gasteiger partial charge in [0.05, 0.1) is 0 Å². The average molecular weight is 237 g/mol. The van der Waals surface area contributed by atoms with Crippen LogP contribution in [0.3, 0.4) is 0 Å². The Bertz CT molecular complexity index is 318. The van der Waals surface area contributed by atoms with Crippen molar-refractivity contribution in [2.45, 2.75) is 52.0 Å². The molecule has 2 atom stereocenters. The molecule has 0 bridgehead atoms. The van der Waals surface area contributed by atoms with Crippen molar-refractivity contribution in [3.8, 4) is 0 Å². The summed E-state index contributed by atoms with van der Waals surface area (Å²) in [7, 11) is 0. The lowest BCUT2D eigenvalue weighted by Gasteiger charge is -2.29. The molecule has 1 saturated carbocycles. The van der Waals surface area contributed by atoms with Gasteiger partial charge in [-0.2, -0.15) is 0 Å². The SMILES string of the molecule is Cc1ccsc1CCNC1CCCCC1C. The van der Waals surface area contributed by atoms with Gasteiger partial charge in [-0.25, -0.2) is 0 Å². The average Bonchev–Trinajstić information content (AvgIpc) is 2.67. The van der Waals surface area contributed by atoms with Crippen LogP contribution < -0.4 is 5.32 Å². The van der Waals surface area contributed by atoms with E-state index in [2.05, 4.69) is 30.6 Å². The highest BCUT2D eigenvalue weighted by molar-refractivity contribution is 7.10. The van der Waals surface area contributed by atoms with Crippen LogP contribution in [-0.2, 0) is 6.42 Å². The van der Waals surface area contributed by atoms with Gasteiger partial charge < -0.3 is 5.32 Å². The van der Waals surface area contributed by atoms with Gasteiger partial charge in [0.2, 0.25) is 0 Å². The molecule has 2 rings (SSSR count). The first kappa shape index (κ1) is 12.1. The Balaban J connectivity index is 1.73. The van der Waals surface area contributed by atoms with E-state index in [1.165, 1.54) is 37.7 Å². The third-order valence-corrected chi connectivity index (χ3v) is 4.92. The molecule has 0 saturated heterocycles. The van der Waals surface area contributed by atoms with Crippen LogP contribution in [0, 0.1) is 12.8 Å². The Hall–Kier alpha value is -0.340. The lowest BCUT2D eigenvalue weighted by atomic mass is 9.86. The van der Waals surface area contributed by atoms with Crippen LogP contribution in [0.5, 0.6) is 0 Å². The molecule has 0 spiro atoms. The predicted octanol–water partition coefficient (Wildman–Crippen LogP) is 3.77. The van der Waals surface area contributed by atoms with Crippen LogP contribution in [0.4, 0.5) is 0 Å². The van der Waals surface area contributed by atoms with Crippen LogP contribution in [0.1, 0.15) is 43.0 Å². The van der Waals surface area contributed by atoms with E-state index >= 15 is 0 Å². The minimum atomic E-state index is 0.772. The molecule has 2 heteroatoms. The van der Waals surface area contributed by atoms with Crippen LogP contribution >= 0.6 is 11.3 Å². The van der Waals surface area contributed by atoms with Gasteiger partial charge in [0.15, 0.2) is 0 Å². The topological polar surface area (TPSA) is 12.0 Å². The highest BCUT2D eigenvalue weighted by atomic mass is 32.1. The summed E-state index contributed by atoms with van der Waals surface area (Å²) in [5, 5.41) is 5.95. The molecule has 1 N–H and O–H groups in total. The van der Waals surface area contributed by atoms with Crippen molar-refractivity contribution >= 4 is 11.3 Å². The van der Waals surface area contributed by atoms with E-state index in [9.17, 15) is 0 Å². The second kappa shape index (κ2) is 5.83. The fourth-order valence-electron chi connectivity index (χ4n) is 2.65. The van der Waals surface area contributed by atoms with E-state index < -0.39 is 0 Å². The minimum Gasteiger partial charge on any atom is -0.313 e. The van der Waals surface area contributed by atoms with E-state index in [-0.39, 0.29) is 0 Å². The Kier molecular flexibility index (Phi) is 4.42. The first-order valence-electron chi connectivity index (χ1n) is 6.53. The number of thiophene rings is 1. The number of hydrogen-bond acceptors (Lipinski definition) is 2. The highest BCUT2D eigenvalue weighted by Crippen LogP contribution is 2.23. The molecule has 1 aliphatic carbocycles. The van der Waals surface area contributed by atoms with Gasteiger partial charge in [0.25, 0.3) is 0 Å². The molecular weight excluding hydrogens is 214 g/mol. The first-order chi connectivity index (χ1) is 7.77. The summed E-state index contributed by atoms with van der Waals surface area (Å²) in [4.78, 5) is 1.55. The largest absolute Gasteiger partial charge is 0.313 e. The lowest BCUT2D eigenvalue weighted by Crippen LogP contribution is -2.38. The second-order valence-electron chi connectivity index (χ2n) is 5.10. The summed E-state index contributed by atoms with van der Waals surface area (Å²) >= 11 is 1.90. The molecule has 1 heterocycles. The van der Waals surface area contributed by atoms with Crippen molar-refractivity contribution in [3.05, 3.63) is 21.9 Å². The van der Waals surface area contributed by atoms with Gasteiger partial charge in [0.1, 0.15) is 0 Å². The monoisotopic (exact) mass is 237 g/mol. The molecule has 1 aromatic heterocycles. The van der Waals surface area contributed by atoms with Crippen molar-refractivity contribution in [3.63, 3.8) is 0 Å². The Labute approximate surface area is 103 Å². The van der Waals surface area contributed by atoms with Crippen LogP contribution in [0.2, 0.25) is 0 Å². The molecule has 1 aliphatic rings. The van der Waals surface area contributed by atoms with Crippen LogP contribution in [0.25, 0.3) is 0 Å². The van der Waals surface area contributed by atoms with Crippen molar-refractivity contribution in [2.75, 3.05) is 6.54 Å². The fourth-order valence-corrected chi connectivity index (χ4v) is 3.56. The van der Waals surface area contributed by atoms with Gasteiger partial charge in [-0.05, 0) is 49.1 Å². The zero-order valence-electron chi connectivity index (χ0n) is 10.5. The van der Waals surface area contributed by atoms with Gasteiger partial charge in [-0.15, -0.1) is 11.3 Å². The summed E-state index contributed by atoms with van der Waals surface area (Å²) in [6.07, 6.45) is 6.84. The van der Waals surface area contributed by atoms with E-state index in [0.29, 0.717) is 0 Å². The Morgan fingerprint density at radius 1 is 1.38 bits per heavy atom. The molecule has 90 valence electrons. The second-order valence-corrected chi connectivity index (χ2v) is 6.10. The lowest BCUT2D eigenvalue weighted by molar-refractivity contribution is 0.282. The molecule has 16 heavy (non-hydrogen) atoms. The summed E-state index contributed by atoms with van der Waals surface area (Å²) in [6, 6.07) is 3.00. The highest BCUT2D eigenvalue weighted by Gasteiger charge is 2.20. The van der Waals surface area contributed by atoms with Crippen molar-refractivity contribution in [1.82, 2.24) is 5.32 Å². The molecule has 1 aromatic rings. The number of aryl methyl sites for hydroxylation is 1. The zero-order valence-corrected chi connectivity index (χ0v) is 11.3. The normalized spacial score (nSPS) is 25.9. The van der Waals surface area contributed by atoms with E-state index in [0.717, 1.165) is 18.5 Å². The number of hydrogen-bond donors (Lipinski definition) is 1. The minimum absolute atomic E-state index is 0.772. The third-order valence-electron chi connectivity index (χ3n) is 3.84. The summed E-state index contributed by atoms with van der Waals surface area (Å²) in [6.45, 7) is 5.76. The van der Waals surface area contributed by atoms with Crippen LogP contribution in [0.15, 0.2) is 11.4 Å². The third kappa shape index (κ3) is 3.08. The summed E-state index contributed by atoms with van der Waals surface area (Å²) in [5.41, 5.74) is 1.46. The van der Waals surface area contributed by atoms with Gasteiger partial charge in [0, 0.05) is 17.5 Å². The summed E-state index contributed by atoms with van der Waals surface area (Å²) < 4.78 is 0. The summed E-state index contributed by atoms with van der Waals surface area (Å²) in [5.74, 6) is 0.873. The molecule has 0 amide bonds. The smallest absolute Gasteiger partial charge is 0.00928 e. The molecule has 0 aromatic carbocycles. The van der Waals surface area contributed by atoms with Gasteiger partial charge >= 0.3 is 0 Å². The van der Waals surface area contributed by atoms with E-state index in [1.54, 1.807) is 4.88 Å². The molecule has 1 nitrogen and oxygen atoms in total. The first-order valence-corrected chi connectivity index (χ1v) is 7.41. The van der Waals surface area contributed by atoms with Crippen molar-refractivity contribution in [2.24, 2.45) is 5.92 Å². The number of nitrogens with one attached hydrogen (secondary N) is 1. The molecule has 1 fully saturated rings. The van der Waals surface area contributed by atoms with E-state index in [1.807, 2.05) is 11.3 Å². The maximum atomic E-state index is 3.74.